The number of ether oxygens (including phenoxy) is 1. The third-order valence-electron chi connectivity index (χ3n) is 4.94. The number of hydrogen-bond donors (Lipinski definition) is 1. The summed E-state index contributed by atoms with van der Waals surface area (Å²) >= 11 is 0. The van der Waals surface area contributed by atoms with Crippen molar-refractivity contribution in [3.05, 3.63) is 0 Å². The maximum Gasteiger partial charge on any atom is 0.236 e. The van der Waals surface area contributed by atoms with Crippen LogP contribution in [-0.4, -0.2) is 82.4 Å². The molecule has 3 heterocycles. The van der Waals surface area contributed by atoms with Crippen LogP contribution in [-0.2, 0) is 19.6 Å². The van der Waals surface area contributed by atoms with Gasteiger partial charge in [-0.05, 0) is 12.8 Å². The summed E-state index contributed by atoms with van der Waals surface area (Å²) in [7, 11) is -3.16. The first-order valence-corrected chi connectivity index (χ1v) is 9.88. The lowest BCUT2D eigenvalue weighted by atomic mass is 9.93. The first-order valence-electron chi connectivity index (χ1n) is 7.99. The lowest BCUT2D eigenvalue weighted by molar-refractivity contribution is -0.131. The Hall–Kier alpha value is -0.700. The van der Waals surface area contributed by atoms with Crippen LogP contribution in [0.4, 0.5) is 0 Å². The molecule has 0 aliphatic carbocycles. The Bertz CT molecular complexity index is 518. The van der Waals surface area contributed by atoms with Crippen molar-refractivity contribution >= 4 is 15.9 Å². The molecule has 126 valence electrons. The third-order valence-corrected chi connectivity index (χ3v) is 5.63. The highest BCUT2D eigenvalue weighted by atomic mass is 32.2. The van der Waals surface area contributed by atoms with E-state index in [2.05, 4.69) is 9.62 Å². The van der Waals surface area contributed by atoms with Gasteiger partial charge in [0.15, 0.2) is 0 Å². The van der Waals surface area contributed by atoms with Gasteiger partial charge in [-0.1, -0.05) is 0 Å². The van der Waals surface area contributed by atoms with Crippen molar-refractivity contribution in [3.63, 3.8) is 0 Å². The minimum atomic E-state index is -3.16. The molecule has 0 aromatic heterocycles. The lowest BCUT2D eigenvalue weighted by Crippen LogP contribution is -2.39. The number of nitrogens with zero attached hydrogens (tertiary/aromatic N) is 2. The lowest BCUT2D eigenvalue weighted by Gasteiger charge is -2.22. The second-order valence-corrected chi connectivity index (χ2v) is 8.53. The maximum atomic E-state index is 12.2. The van der Waals surface area contributed by atoms with Gasteiger partial charge in [0.1, 0.15) is 0 Å². The average Bonchev–Trinajstić information content (AvgIpc) is 3.12. The van der Waals surface area contributed by atoms with Crippen molar-refractivity contribution in [1.29, 1.82) is 0 Å². The molecule has 0 radical (unpaired) electrons. The molecule has 22 heavy (non-hydrogen) atoms. The van der Waals surface area contributed by atoms with E-state index in [1.165, 1.54) is 6.26 Å². The molecule has 3 rings (SSSR count). The molecular formula is C14H25N3O4S. The molecule has 1 N–H and O–H groups in total. The summed E-state index contributed by atoms with van der Waals surface area (Å²) in [5.41, 5.74) is 0. The number of likely N-dealkylation sites (tertiary alicyclic amines) is 2. The van der Waals surface area contributed by atoms with Crippen molar-refractivity contribution in [3.8, 4) is 0 Å². The fourth-order valence-electron chi connectivity index (χ4n) is 3.74. The van der Waals surface area contributed by atoms with E-state index in [4.69, 9.17) is 4.74 Å². The second-order valence-electron chi connectivity index (χ2n) is 6.70. The molecule has 0 bridgehead atoms. The predicted octanol–water partition coefficient (Wildman–Crippen LogP) is -0.895. The van der Waals surface area contributed by atoms with Crippen LogP contribution >= 0.6 is 0 Å². The molecule has 0 aromatic carbocycles. The van der Waals surface area contributed by atoms with E-state index in [1.54, 1.807) is 0 Å². The molecule has 3 atom stereocenters. The highest BCUT2D eigenvalue weighted by Crippen LogP contribution is 2.33. The Balaban J connectivity index is 1.49. The van der Waals surface area contributed by atoms with E-state index in [0.29, 0.717) is 25.6 Å². The number of sulfonamides is 1. The van der Waals surface area contributed by atoms with E-state index in [9.17, 15) is 13.2 Å². The van der Waals surface area contributed by atoms with Crippen molar-refractivity contribution in [2.45, 2.75) is 18.9 Å². The largest absolute Gasteiger partial charge is 0.376 e. The smallest absolute Gasteiger partial charge is 0.236 e. The van der Waals surface area contributed by atoms with E-state index < -0.39 is 10.0 Å². The van der Waals surface area contributed by atoms with Gasteiger partial charge < -0.3 is 9.64 Å². The number of rotatable bonds is 5. The van der Waals surface area contributed by atoms with Crippen LogP contribution < -0.4 is 4.72 Å². The highest BCUT2D eigenvalue weighted by molar-refractivity contribution is 7.88. The topological polar surface area (TPSA) is 79.0 Å². The molecule has 3 fully saturated rings. The minimum Gasteiger partial charge on any atom is -0.376 e. The first-order chi connectivity index (χ1) is 10.4. The highest BCUT2D eigenvalue weighted by Gasteiger charge is 2.44. The molecule has 3 aliphatic heterocycles. The summed E-state index contributed by atoms with van der Waals surface area (Å²) in [5.74, 6) is 0.732. The fourth-order valence-corrected chi connectivity index (χ4v) is 4.25. The van der Waals surface area contributed by atoms with Crippen molar-refractivity contribution < 1.29 is 17.9 Å². The molecule has 7 nitrogen and oxygen atoms in total. The first kappa shape index (κ1) is 16.2. The standard InChI is InChI=1S/C14H25N3O4S/c1-22(19,20)15-6-11-10-21-13-8-16(7-12(11)13)9-14(18)17-4-2-3-5-17/h11-13,15H,2-10H2,1H3/t11-,12+,13+/m0/s1. The fraction of sp³-hybridized carbons (Fsp3) is 0.929. The Morgan fingerprint density at radius 2 is 2.00 bits per heavy atom. The monoisotopic (exact) mass is 331 g/mol. The SMILES string of the molecule is CS(=O)(=O)NC[C@H]1CO[C@@H]2CN(CC(=O)N3CCCC3)C[C@H]12. The van der Waals surface area contributed by atoms with Gasteiger partial charge in [0, 0.05) is 44.6 Å². The van der Waals surface area contributed by atoms with Gasteiger partial charge >= 0.3 is 0 Å². The Kier molecular flexibility index (Phi) is 4.72. The molecule has 3 saturated heterocycles. The molecule has 0 unspecified atom stereocenters. The van der Waals surface area contributed by atoms with Gasteiger partial charge in [0.25, 0.3) is 0 Å². The molecule has 0 saturated carbocycles. The summed E-state index contributed by atoms with van der Waals surface area (Å²) in [4.78, 5) is 16.3. The van der Waals surface area contributed by atoms with Crippen LogP contribution in [0.1, 0.15) is 12.8 Å². The van der Waals surface area contributed by atoms with Crippen molar-refractivity contribution in [1.82, 2.24) is 14.5 Å². The summed E-state index contributed by atoms with van der Waals surface area (Å²) < 4.78 is 30.8. The molecule has 3 aliphatic rings. The summed E-state index contributed by atoms with van der Waals surface area (Å²) in [5, 5.41) is 0. The molecule has 0 spiro atoms. The Morgan fingerprint density at radius 3 is 2.68 bits per heavy atom. The van der Waals surface area contributed by atoms with Gasteiger partial charge in [-0.3, -0.25) is 9.69 Å². The number of nitrogens with one attached hydrogen (secondary N) is 1. The van der Waals surface area contributed by atoms with Crippen LogP contribution in [0.25, 0.3) is 0 Å². The summed E-state index contributed by atoms with van der Waals surface area (Å²) in [6, 6.07) is 0. The van der Waals surface area contributed by atoms with E-state index in [1.807, 2.05) is 4.90 Å². The van der Waals surface area contributed by atoms with E-state index >= 15 is 0 Å². The summed E-state index contributed by atoms with van der Waals surface area (Å²) in [6.45, 7) is 4.86. The van der Waals surface area contributed by atoms with Crippen molar-refractivity contribution in [2.75, 3.05) is 52.1 Å². The minimum absolute atomic E-state index is 0.137. The number of fused-ring (bicyclic) bond motifs is 1. The van der Waals surface area contributed by atoms with Gasteiger partial charge in [-0.2, -0.15) is 0 Å². The Labute approximate surface area is 132 Å². The zero-order valence-corrected chi connectivity index (χ0v) is 13.8. The van der Waals surface area contributed by atoms with E-state index in [-0.39, 0.29) is 17.9 Å². The normalized spacial score (nSPS) is 32.6. The molecule has 0 aromatic rings. The molecular weight excluding hydrogens is 306 g/mol. The van der Waals surface area contributed by atoms with Crippen molar-refractivity contribution in [2.24, 2.45) is 11.8 Å². The zero-order valence-electron chi connectivity index (χ0n) is 13.0. The quantitative estimate of drug-likeness (QED) is 0.707. The third kappa shape index (κ3) is 3.79. The Morgan fingerprint density at radius 1 is 1.27 bits per heavy atom. The molecule has 8 heteroatoms. The second kappa shape index (κ2) is 6.43. The van der Waals surface area contributed by atoms with Crippen LogP contribution in [0.5, 0.6) is 0 Å². The van der Waals surface area contributed by atoms with Crippen LogP contribution in [0.15, 0.2) is 0 Å². The number of hydrogen-bond acceptors (Lipinski definition) is 5. The average molecular weight is 331 g/mol. The zero-order chi connectivity index (χ0) is 15.7. The van der Waals surface area contributed by atoms with Gasteiger partial charge in [-0.15, -0.1) is 0 Å². The molecule has 1 amide bonds. The van der Waals surface area contributed by atoms with Gasteiger partial charge in [0.2, 0.25) is 15.9 Å². The van der Waals surface area contributed by atoms with Crippen LogP contribution in [0, 0.1) is 11.8 Å². The van der Waals surface area contributed by atoms with Gasteiger partial charge in [-0.25, -0.2) is 13.1 Å². The summed E-state index contributed by atoms with van der Waals surface area (Å²) in [6.07, 6.45) is 3.53. The van der Waals surface area contributed by atoms with Crippen LogP contribution in [0.2, 0.25) is 0 Å². The van der Waals surface area contributed by atoms with Crippen LogP contribution in [0.3, 0.4) is 0 Å². The van der Waals surface area contributed by atoms with E-state index in [0.717, 1.165) is 39.0 Å². The van der Waals surface area contributed by atoms with Gasteiger partial charge in [0.05, 0.1) is 25.5 Å². The maximum absolute atomic E-state index is 12.2. The predicted molar refractivity (Wildman–Crippen MR) is 81.8 cm³/mol. The number of carbonyl (C=O) groups is 1. The number of carbonyl (C=O) groups excluding carboxylic acids is 1. The number of amides is 1.